The quantitative estimate of drug-likeness (QED) is 0.409. The Hall–Kier alpha value is -2.06. The van der Waals surface area contributed by atoms with Crippen molar-refractivity contribution in [1.29, 1.82) is 0 Å². The lowest BCUT2D eigenvalue weighted by Crippen LogP contribution is -2.36. The third-order valence-corrected chi connectivity index (χ3v) is 7.27. The maximum Gasteiger partial charge on any atom is 0.230 e. The van der Waals surface area contributed by atoms with E-state index >= 15 is 0 Å². The second kappa shape index (κ2) is 7.89. The smallest absolute Gasteiger partial charge is 0.230 e. The summed E-state index contributed by atoms with van der Waals surface area (Å²) >= 11 is 14.2. The molecule has 1 aromatic carbocycles. The number of halogens is 2. The molecule has 0 bridgehead atoms. The summed E-state index contributed by atoms with van der Waals surface area (Å²) in [6, 6.07) is 8.92. The van der Waals surface area contributed by atoms with Gasteiger partial charge in [0.15, 0.2) is 5.76 Å². The van der Waals surface area contributed by atoms with Crippen molar-refractivity contribution in [2.75, 3.05) is 13.1 Å². The Balaban J connectivity index is 1.60. The van der Waals surface area contributed by atoms with Crippen LogP contribution in [0, 0.1) is 5.92 Å². The summed E-state index contributed by atoms with van der Waals surface area (Å²) in [7, 11) is 0. The molecule has 0 amide bonds. The van der Waals surface area contributed by atoms with Gasteiger partial charge in [0.2, 0.25) is 16.7 Å². The minimum absolute atomic E-state index is 0.0787. The van der Waals surface area contributed by atoms with Crippen molar-refractivity contribution in [2.45, 2.75) is 25.8 Å². The molecule has 156 valence electrons. The van der Waals surface area contributed by atoms with Crippen molar-refractivity contribution in [3.63, 3.8) is 0 Å². The van der Waals surface area contributed by atoms with E-state index in [0.717, 1.165) is 36.4 Å². The normalized spacial score (nSPS) is 17.0. The zero-order chi connectivity index (χ0) is 20.8. The fourth-order valence-electron chi connectivity index (χ4n) is 3.95. The third-order valence-electron chi connectivity index (χ3n) is 5.63. The molecule has 6 nitrogen and oxygen atoms in total. The molecule has 1 aliphatic heterocycles. The number of thiazole rings is 1. The number of furan rings is 1. The van der Waals surface area contributed by atoms with Crippen LogP contribution >= 0.6 is 34.5 Å². The first-order chi connectivity index (χ1) is 14.5. The number of aromatic hydroxyl groups is 1. The van der Waals surface area contributed by atoms with Crippen molar-refractivity contribution in [1.82, 2.24) is 19.5 Å². The highest BCUT2D eigenvalue weighted by Crippen LogP contribution is 2.44. The Morgan fingerprint density at radius 3 is 2.70 bits per heavy atom. The first-order valence-corrected chi connectivity index (χ1v) is 11.4. The van der Waals surface area contributed by atoms with E-state index in [2.05, 4.69) is 21.9 Å². The lowest BCUT2D eigenvalue weighted by atomic mass is 9.95. The van der Waals surface area contributed by atoms with Crippen LogP contribution in [0.4, 0.5) is 0 Å². The van der Waals surface area contributed by atoms with Crippen LogP contribution in [0.3, 0.4) is 0 Å². The Morgan fingerprint density at radius 1 is 1.23 bits per heavy atom. The van der Waals surface area contributed by atoms with Gasteiger partial charge in [-0.1, -0.05) is 47.5 Å². The molecule has 3 aromatic heterocycles. The van der Waals surface area contributed by atoms with E-state index in [1.165, 1.54) is 15.9 Å². The van der Waals surface area contributed by atoms with Gasteiger partial charge in [-0.15, -0.1) is 5.10 Å². The van der Waals surface area contributed by atoms with E-state index < -0.39 is 0 Å². The number of benzene rings is 1. The maximum absolute atomic E-state index is 11.1. The van der Waals surface area contributed by atoms with E-state index in [9.17, 15) is 5.11 Å². The Labute approximate surface area is 187 Å². The van der Waals surface area contributed by atoms with Crippen molar-refractivity contribution >= 4 is 39.5 Å². The Morgan fingerprint density at radius 2 is 2.03 bits per heavy atom. The van der Waals surface area contributed by atoms with Crippen LogP contribution in [-0.4, -0.2) is 37.7 Å². The molecule has 0 aliphatic carbocycles. The summed E-state index contributed by atoms with van der Waals surface area (Å²) in [5.74, 6) is 1.78. The molecule has 30 heavy (non-hydrogen) atoms. The molecule has 4 aromatic rings. The average Bonchev–Trinajstić information content (AvgIpc) is 3.44. The Bertz CT molecular complexity index is 1180. The number of fused-ring (bicyclic) bond motifs is 1. The van der Waals surface area contributed by atoms with Gasteiger partial charge in [-0.25, -0.2) is 0 Å². The van der Waals surface area contributed by atoms with Gasteiger partial charge >= 0.3 is 0 Å². The van der Waals surface area contributed by atoms with E-state index in [-0.39, 0.29) is 11.9 Å². The van der Waals surface area contributed by atoms with Gasteiger partial charge in [0.1, 0.15) is 0 Å². The molecule has 1 fully saturated rings. The highest BCUT2D eigenvalue weighted by atomic mass is 35.5. The maximum atomic E-state index is 11.1. The molecule has 4 heterocycles. The summed E-state index contributed by atoms with van der Waals surface area (Å²) in [5.41, 5.74) is 0.918. The van der Waals surface area contributed by atoms with Crippen LogP contribution in [0.5, 0.6) is 5.88 Å². The van der Waals surface area contributed by atoms with Gasteiger partial charge < -0.3 is 9.52 Å². The first-order valence-electron chi connectivity index (χ1n) is 9.82. The van der Waals surface area contributed by atoms with Crippen molar-refractivity contribution in [3.05, 3.63) is 57.1 Å². The summed E-state index contributed by atoms with van der Waals surface area (Å²) in [4.78, 5) is 8.30. The highest BCUT2D eigenvalue weighted by Gasteiger charge is 2.33. The fourth-order valence-corrected chi connectivity index (χ4v) is 5.57. The minimum Gasteiger partial charge on any atom is -0.492 e. The molecule has 1 N–H and O–H groups in total. The molecular formula is C21H20Cl2N4O2S. The Kier molecular flexibility index (Phi) is 5.23. The van der Waals surface area contributed by atoms with Crippen LogP contribution < -0.4 is 0 Å². The molecule has 0 saturated carbocycles. The number of rotatable bonds is 4. The lowest BCUT2D eigenvalue weighted by molar-refractivity contribution is 0.157. The van der Waals surface area contributed by atoms with Crippen LogP contribution in [0.25, 0.3) is 16.5 Å². The molecule has 1 saturated heterocycles. The van der Waals surface area contributed by atoms with Gasteiger partial charge in [-0.2, -0.15) is 9.50 Å². The largest absolute Gasteiger partial charge is 0.492 e. The van der Waals surface area contributed by atoms with Crippen LogP contribution in [0.2, 0.25) is 10.0 Å². The van der Waals surface area contributed by atoms with Crippen LogP contribution in [-0.2, 0) is 0 Å². The highest BCUT2D eigenvalue weighted by molar-refractivity contribution is 7.17. The molecule has 5 rings (SSSR count). The molecule has 1 atom stereocenters. The summed E-state index contributed by atoms with van der Waals surface area (Å²) in [5, 5.41) is 16.7. The predicted molar refractivity (Wildman–Crippen MR) is 119 cm³/mol. The number of nitrogens with zero attached hydrogens (tertiary/aromatic N) is 4. The first kappa shape index (κ1) is 19.9. The number of aromatic nitrogens is 3. The van der Waals surface area contributed by atoms with Crippen LogP contribution in [0.1, 0.15) is 36.2 Å². The minimum atomic E-state index is -0.192. The molecular weight excluding hydrogens is 443 g/mol. The predicted octanol–water partition coefficient (Wildman–Crippen LogP) is 5.88. The van der Waals surface area contributed by atoms with Crippen molar-refractivity contribution < 1.29 is 9.52 Å². The molecule has 0 spiro atoms. The number of hydrogen-bond acceptors (Lipinski definition) is 6. The summed E-state index contributed by atoms with van der Waals surface area (Å²) in [6.07, 6.45) is 3.78. The van der Waals surface area contributed by atoms with E-state index in [0.29, 0.717) is 32.5 Å². The zero-order valence-electron chi connectivity index (χ0n) is 16.3. The van der Waals surface area contributed by atoms with Gasteiger partial charge in [-0.05, 0) is 61.7 Å². The van der Waals surface area contributed by atoms with Crippen molar-refractivity contribution in [3.8, 4) is 17.5 Å². The summed E-state index contributed by atoms with van der Waals surface area (Å²) in [6.45, 7) is 4.13. The molecule has 1 aliphatic rings. The van der Waals surface area contributed by atoms with E-state index in [4.69, 9.17) is 27.6 Å². The summed E-state index contributed by atoms with van der Waals surface area (Å²) < 4.78 is 6.86. The van der Waals surface area contributed by atoms with Crippen LogP contribution in [0.15, 0.2) is 41.0 Å². The van der Waals surface area contributed by atoms with E-state index in [1.54, 1.807) is 24.5 Å². The zero-order valence-corrected chi connectivity index (χ0v) is 18.6. The topological polar surface area (TPSA) is 66.8 Å². The number of piperidine rings is 1. The monoisotopic (exact) mass is 462 g/mol. The number of hydrogen-bond donors (Lipinski definition) is 1. The molecule has 0 radical (unpaired) electrons. The molecule has 9 heteroatoms. The van der Waals surface area contributed by atoms with Crippen molar-refractivity contribution in [2.24, 2.45) is 5.92 Å². The van der Waals surface area contributed by atoms with Gasteiger partial charge in [0.25, 0.3) is 0 Å². The van der Waals surface area contributed by atoms with Gasteiger partial charge in [0, 0.05) is 10.0 Å². The van der Waals surface area contributed by atoms with Gasteiger partial charge in [0.05, 0.1) is 17.2 Å². The second-order valence-electron chi connectivity index (χ2n) is 7.68. The standard InChI is InChI=1S/C21H20Cl2N4O2S/c1-12-6-8-26(9-7-12)17(14-5-4-13(22)11-15(14)23)18-20(28)27-21(30-18)24-19(25-27)16-3-2-10-29-16/h2-5,10-12,17,28H,6-9H2,1H3. The lowest BCUT2D eigenvalue weighted by Gasteiger charge is -2.36. The van der Waals surface area contributed by atoms with E-state index in [1.807, 2.05) is 12.1 Å². The fraction of sp³-hybridized carbons (Fsp3) is 0.333. The average molecular weight is 463 g/mol. The third kappa shape index (κ3) is 3.50. The second-order valence-corrected chi connectivity index (χ2v) is 9.54. The molecule has 1 unspecified atom stereocenters. The van der Waals surface area contributed by atoms with Gasteiger partial charge in [-0.3, -0.25) is 4.90 Å². The SMILES string of the molecule is CC1CCN(C(c2ccc(Cl)cc2Cl)c2sc3nc(-c4ccco4)nn3c2O)CC1. The number of likely N-dealkylation sites (tertiary alicyclic amines) is 1.